The lowest BCUT2D eigenvalue weighted by Crippen LogP contribution is -2.36. The largest absolute Gasteiger partial charge is 0.497 e. The lowest BCUT2D eigenvalue weighted by atomic mass is 9.88. The van der Waals surface area contributed by atoms with Gasteiger partial charge >= 0.3 is 0 Å². The minimum Gasteiger partial charge on any atom is -0.497 e. The number of hydrogen-bond donors (Lipinski definition) is 1. The summed E-state index contributed by atoms with van der Waals surface area (Å²) in [6, 6.07) is 10.7. The Kier molecular flexibility index (Phi) is 8.03. The predicted molar refractivity (Wildman–Crippen MR) is 125 cm³/mol. The van der Waals surface area contributed by atoms with Gasteiger partial charge in [-0.1, -0.05) is 13.0 Å². The van der Waals surface area contributed by atoms with Gasteiger partial charge in [0, 0.05) is 31.1 Å². The number of carbonyl (C=O) groups is 2. The van der Waals surface area contributed by atoms with E-state index in [2.05, 4.69) is 5.32 Å². The van der Waals surface area contributed by atoms with E-state index >= 15 is 0 Å². The fourth-order valence-corrected chi connectivity index (χ4v) is 4.21. The third-order valence-electron chi connectivity index (χ3n) is 5.92. The topological polar surface area (TPSA) is 86.3 Å². The first-order chi connectivity index (χ1) is 16.0. The lowest BCUT2D eigenvalue weighted by Gasteiger charge is -2.21. The molecular formula is C25H32N2O6. The van der Waals surface area contributed by atoms with Crippen molar-refractivity contribution in [1.82, 2.24) is 10.2 Å². The maximum atomic E-state index is 13.3. The monoisotopic (exact) mass is 456 g/mol. The van der Waals surface area contributed by atoms with Gasteiger partial charge in [-0.3, -0.25) is 9.59 Å². The molecule has 0 aliphatic carbocycles. The van der Waals surface area contributed by atoms with Crippen LogP contribution in [0.1, 0.15) is 35.2 Å². The molecule has 2 aromatic rings. The number of carbonyl (C=O) groups excluding carboxylic acids is 2. The summed E-state index contributed by atoms with van der Waals surface area (Å²) in [5.74, 6) is 1.26. The molecule has 1 fully saturated rings. The maximum absolute atomic E-state index is 13.3. The van der Waals surface area contributed by atoms with Crippen LogP contribution in [-0.4, -0.2) is 64.8 Å². The van der Waals surface area contributed by atoms with E-state index in [9.17, 15) is 9.59 Å². The standard InChI is InChI=1S/C25H32N2O6/c1-6-10-26-24(28)20-15-27(25(29)16-8-7-9-18(11-16)30-2)14-19(20)17-12-21(31-3)23(33-5)22(13-17)32-4/h7-9,11-13,19-20H,6,10,14-15H2,1-5H3,(H,26,28)/t19-,20-/m0/s1. The van der Waals surface area contributed by atoms with Gasteiger partial charge in [-0.05, 0) is 42.3 Å². The SMILES string of the molecule is CCCNC(=O)[C@H]1CN(C(=O)c2cccc(OC)c2)C[C@H]1c1cc(OC)c(OC)c(OC)c1. The van der Waals surface area contributed by atoms with Gasteiger partial charge in [0.15, 0.2) is 11.5 Å². The molecule has 1 aliphatic rings. The van der Waals surface area contributed by atoms with Crippen molar-refractivity contribution in [2.24, 2.45) is 5.92 Å². The number of nitrogens with zero attached hydrogens (tertiary/aromatic N) is 1. The van der Waals surface area contributed by atoms with Gasteiger partial charge in [0.1, 0.15) is 5.75 Å². The van der Waals surface area contributed by atoms with Crippen LogP contribution in [-0.2, 0) is 4.79 Å². The molecule has 0 bridgehead atoms. The van der Waals surface area contributed by atoms with E-state index in [0.29, 0.717) is 48.2 Å². The Balaban J connectivity index is 1.97. The van der Waals surface area contributed by atoms with Gasteiger partial charge < -0.3 is 29.2 Å². The highest BCUT2D eigenvalue weighted by Crippen LogP contribution is 2.43. The second kappa shape index (κ2) is 10.9. The fourth-order valence-electron chi connectivity index (χ4n) is 4.21. The summed E-state index contributed by atoms with van der Waals surface area (Å²) in [6.07, 6.45) is 0.833. The number of ether oxygens (including phenoxy) is 4. The number of benzene rings is 2. The highest BCUT2D eigenvalue weighted by Gasteiger charge is 2.41. The molecule has 0 aromatic heterocycles. The summed E-state index contributed by atoms with van der Waals surface area (Å²) >= 11 is 0. The van der Waals surface area contributed by atoms with E-state index in [1.807, 2.05) is 19.1 Å². The minimum atomic E-state index is -0.408. The lowest BCUT2D eigenvalue weighted by molar-refractivity contribution is -0.124. The van der Waals surface area contributed by atoms with Gasteiger partial charge in [0.05, 0.1) is 34.4 Å². The van der Waals surface area contributed by atoms with E-state index in [1.54, 1.807) is 57.6 Å². The molecule has 0 saturated carbocycles. The number of methoxy groups -OCH3 is 4. The van der Waals surface area contributed by atoms with Crippen LogP contribution >= 0.6 is 0 Å². The Morgan fingerprint density at radius 1 is 0.970 bits per heavy atom. The van der Waals surface area contributed by atoms with Gasteiger partial charge in [0.25, 0.3) is 5.91 Å². The van der Waals surface area contributed by atoms with Crippen molar-refractivity contribution in [3.8, 4) is 23.0 Å². The van der Waals surface area contributed by atoms with Crippen molar-refractivity contribution in [2.45, 2.75) is 19.3 Å². The molecule has 0 spiro atoms. The first kappa shape index (κ1) is 24.2. The molecule has 8 heteroatoms. The first-order valence-electron chi connectivity index (χ1n) is 11.0. The Morgan fingerprint density at radius 2 is 1.67 bits per heavy atom. The summed E-state index contributed by atoms with van der Waals surface area (Å²) in [4.78, 5) is 28.1. The van der Waals surface area contributed by atoms with Crippen molar-refractivity contribution < 1.29 is 28.5 Å². The summed E-state index contributed by atoms with van der Waals surface area (Å²) in [5, 5.41) is 2.99. The zero-order chi connectivity index (χ0) is 24.0. The van der Waals surface area contributed by atoms with E-state index in [4.69, 9.17) is 18.9 Å². The van der Waals surface area contributed by atoms with Crippen LogP contribution in [0.5, 0.6) is 23.0 Å². The molecule has 8 nitrogen and oxygen atoms in total. The molecule has 2 atom stereocenters. The van der Waals surface area contributed by atoms with Crippen molar-refractivity contribution in [3.05, 3.63) is 47.5 Å². The molecule has 178 valence electrons. The average molecular weight is 457 g/mol. The normalized spacial score (nSPS) is 17.4. The maximum Gasteiger partial charge on any atom is 0.254 e. The van der Waals surface area contributed by atoms with Gasteiger partial charge in [-0.15, -0.1) is 0 Å². The molecule has 1 N–H and O–H groups in total. The predicted octanol–water partition coefficient (Wildman–Crippen LogP) is 3.10. The molecule has 0 unspecified atom stereocenters. The van der Waals surface area contributed by atoms with Gasteiger partial charge in [0.2, 0.25) is 11.7 Å². The minimum absolute atomic E-state index is 0.0726. The van der Waals surface area contributed by atoms with Crippen molar-refractivity contribution in [3.63, 3.8) is 0 Å². The Morgan fingerprint density at radius 3 is 2.24 bits per heavy atom. The third-order valence-corrected chi connectivity index (χ3v) is 5.92. The van der Waals surface area contributed by atoms with Crippen LogP contribution < -0.4 is 24.3 Å². The van der Waals surface area contributed by atoms with Crippen LogP contribution in [0, 0.1) is 5.92 Å². The second-order valence-corrected chi connectivity index (χ2v) is 7.90. The smallest absolute Gasteiger partial charge is 0.254 e. The van der Waals surface area contributed by atoms with Crippen molar-refractivity contribution >= 4 is 11.8 Å². The highest BCUT2D eigenvalue weighted by molar-refractivity contribution is 5.95. The zero-order valence-electron chi connectivity index (χ0n) is 19.8. The van der Waals surface area contributed by atoms with Crippen LogP contribution in [0.25, 0.3) is 0 Å². The van der Waals surface area contributed by atoms with Crippen LogP contribution in [0.2, 0.25) is 0 Å². The summed E-state index contributed by atoms with van der Waals surface area (Å²) in [6.45, 7) is 3.29. The molecule has 2 amide bonds. The molecule has 1 heterocycles. The molecule has 1 saturated heterocycles. The Hall–Kier alpha value is -3.42. The quantitative estimate of drug-likeness (QED) is 0.624. The fraction of sp³-hybridized carbons (Fsp3) is 0.440. The average Bonchev–Trinajstić information content (AvgIpc) is 3.31. The Labute approximate surface area is 194 Å². The number of hydrogen-bond acceptors (Lipinski definition) is 6. The second-order valence-electron chi connectivity index (χ2n) is 7.90. The van der Waals surface area contributed by atoms with Crippen LogP contribution in [0.15, 0.2) is 36.4 Å². The Bertz CT molecular complexity index is 968. The van der Waals surface area contributed by atoms with Crippen molar-refractivity contribution in [1.29, 1.82) is 0 Å². The highest BCUT2D eigenvalue weighted by atomic mass is 16.5. The molecule has 0 radical (unpaired) electrons. The molecule has 33 heavy (non-hydrogen) atoms. The van der Waals surface area contributed by atoms with E-state index in [-0.39, 0.29) is 17.7 Å². The van der Waals surface area contributed by atoms with Crippen LogP contribution in [0.3, 0.4) is 0 Å². The first-order valence-corrected chi connectivity index (χ1v) is 11.0. The summed E-state index contributed by atoms with van der Waals surface area (Å²) in [5.41, 5.74) is 1.37. The molecule has 2 aromatic carbocycles. The summed E-state index contributed by atoms with van der Waals surface area (Å²) < 4.78 is 21.7. The van der Waals surface area contributed by atoms with E-state index < -0.39 is 5.92 Å². The number of amides is 2. The number of nitrogens with one attached hydrogen (secondary N) is 1. The summed E-state index contributed by atoms with van der Waals surface area (Å²) in [7, 11) is 6.22. The van der Waals surface area contributed by atoms with Gasteiger partial charge in [-0.2, -0.15) is 0 Å². The molecule has 1 aliphatic heterocycles. The van der Waals surface area contributed by atoms with Crippen molar-refractivity contribution in [2.75, 3.05) is 48.1 Å². The third kappa shape index (κ3) is 5.16. The molecular weight excluding hydrogens is 424 g/mol. The number of rotatable bonds is 9. The number of likely N-dealkylation sites (tertiary alicyclic amines) is 1. The van der Waals surface area contributed by atoms with Gasteiger partial charge in [-0.25, -0.2) is 0 Å². The zero-order valence-corrected chi connectivity index (χ0v) is 19.8. The van der Waals surface area contributed by atoms with E-state index in [0.717, 1.165) is 12.0 Å². The van der Waals surface area contributed by atoms with E-state index in [1.165, 1.54) is 0 Å². The van der Waals surface area contributed by atoms with Crippen LogP contribution in [0.4, 0.5) is 0 Å². The molecule has 3 rings (SSSR count).